The van der Waals surface area contributed by atoms with Gasteiger partial charge in [-0.3, -0.25) is 14.5 Å². The standard InChI is InChI=1S/C24H24FN3O3S/c1-16(2)31-22-11-7-4-8-18(22)14-26-23(30)13-12-19-15-32-24(27-19)28(17(3)29)21-10-6-5-9-20(21)25/h4-13,15-16H,14H2,1-3H3,(H,26,30)/b13-12+. The Kier molecular flexibility index (Phi) is 7.72. The number of halogens is 1. The zero-order valence-electron chi connectivity index (χ0n) is 18.0. The van der Waals surface area contributed by atoms with E-state index in [9.17, 15) is 14.0 Å². The second kappa shape index (κ2) is 10.7. The summed E-state index contributed by atoms with van der Waals surface area (Å²) >= 11 is 1.19. The monoisotopic (exact) mass is 453 g/mol. The highest BCUT2D eigenvalue weighted by molar-refractivity contribution is 7.14. The number of anilines is 2. The van der Waals surface area contributed by atoms with E-state index in [0.717, 1.165) is 11.3 Å². The van der Waals surface area contributed by atoms with E-state index >= 15 is 0 Å². The highest BCUT2D eigenvalue weighted by Gasteiger charge is 2.20. The molecule has 0 spiro atoms. The van der Waals surface area contributed by atoms with Gasteiger partial charge in [0.1, 0.15) is 11.6 Å². The van der Waals surface area contributed by atoms with Crippen LogP contribution >= 0.6 is 11.3 Å². The van der Waals surface area contributed by atoms with Gasteiger partial charge >= 0.3 is 0 Å². The molecule has 2 aromatic carbocycles. The predicted octanol–water partition coefficient (Wildman–Crippen LogP) is 5.08. The minimum Gasteiger partial charge on any atom is -0.491 e. The molecule has 1 heterocycles. The Morgan fingerprint density at radius 2 is 1.91 bits per heavy atom. The number of hydrogen-bond donors (Lipinski definition) is 1. The molecule has 0 fully saturated rings. The second-order valence-corrected chi connectivity index (χ2v) is 8.02. The summed E-state index contributed by atoms with van der Waals surface area (Å²) in [6, 6.07) is 13.5. The normalized spacial score (nSPS) is 11.0. The molecule has 1 aromatic heterocycles. The van der Waals surface area contributed by atoms with Crippen molar-refractivity contribution in [2.75, 3.05) is 4.90 Å². The molecule has 0 saturated heterocycles. The van der Waals surface area contributed by atoms with E-state index in [1.807, 2.05) is 38.1 Å². The molecular formula is C24H24FN3O3S. The zero-order chi connectivity index (χ0) is 23.1. The van der Waals surface area contributed by atoms with Gasteiger partial charge in [0.05, 0.1) is 17.5 Å². The molecule has 32 heavy (non-hydrogen) atoms. The fourth-order valence-corrected chi connectivity index (χ4v) is 3.76. The van der Waals surface area contributed by atoms with Crippen LogP contribution in [0.3, 0.4) is 0 Å². The number of hydrogen-bond acceptors (Lipinski definition) is 5. The van der Waals surface area contributed by atoms with Crippen LogP contribution in [0.2, 0.25) is 0 Å². The van der Waals surface area contributed by atoms with Crippen LogP contribution in [0.1, 0.15) is 32.0 Å². The maximum absolute atomic E-state index is 14.2. The Labute approximate surface area is 190 Å². The number of ether oxygens (including phenoxy) is 1. The van der Waals surface area contributed by atoms with Gasteiger partial charge in [-0.1, -0.05) is 30.3 Å². The average Bonchev–Trinajstić information content (AvgIpc) is 3.21. The van der Waals surface area contributed by atoms with Gasteiger partial charge in [0, 0.05) is 30.5 Å². The summed E-state index contributed by atoms with van der Waals surface area (Å²) in [6.07, 6.45) is 2.95. The summed E-state index contributed by atoms with van der Waals surface area (Å²) in [7, 11) is 0. The lowest BCUT2D eigenvalue weighted by Gasteiger charge is -2.18. The van der Waals surface area contributed by atoms with Crippen molar-refractivity contribution in [3.8, 4) is 5.75 Å². The summed E-state index contributed by atoms with van der Waals surface area (Å²) in [5.74, 6) is -0.444. The molecule has 0 aliphatic heterocycles. The van der Waals surface area contributed by atoms with E-state index < -0.39 is 5.82 Å². The molecule has 6 nitrogen and oxygen atoms in total. The summed E-state index contributed by atoms with van der Waals surface area (Å²) in [5, 5.41) is 4.84. The van der Waals surface area contributed by atoms with Crippen molar-refractivity contribution in [2.24, 2.45) is 0 Å². The third-order valence-corrected chi connectivity index (χ3v) is 5.15. The van der Waals surface area contributed by atoms with E-state index in [-0.39, 0.29) is 23.6 Å². The first-order valence-electron chi connectivity index (χ1n) is 10.1. The molecule has 166 valence electrons. The molecule has 0 saturated carbocycles. The number of nitrogens with one attached hydrogen (secondary N) is 1. The quantitative estimate of drug-likeness (QED) is 0.483. The molecule has 0 bridgehead atoms. The lowest BCUT2D eigenvalue weighted by atomic mass is 10.2. The number of rotatable bonds is 8. The number of benzene rings is 2. The molecule has 0 atom stereocenters. The van der Waals surface area contributed by atoms with Crippen molar-refractivity contribution < 1.29 is 18.7 Å². The van der Waals surface area contributed by atoms with Crippen molar-refractivity contribution in [3.63, 3.8) is 0 Å². The van der Waals surface area contributed by atoms with E-state index in [4.69, 9.17) is 4.74 Å². The Bertz CT molecular complexity index is 1130. The molecule has 0 aliphatic carbocycles. The summed E-state index contributed by atoms with van der Waals surface area (Å²) in [6.45, 7) is 5.55. The highest BCUT2D eigenvalue weighted by atomic mass is 32.1. The first-order chi connectivity index (χ1) is 15.3. The number of carbonyl (C=O) groups excluding carboxylic acids is 2. The maximum atomic E-state index is 14.2. The Balaban J connectivity index is 1.66. The Hall–Kier alpha value is -3.52. The number of thiazole rings is 1. The van der Waals surface area contributed by atoms with Gasteiger partial charge in [0.15, 0.2) is 5.13 Å². The number of carbonyl (C=O) groups is 2. The van der Waals surface area contributed by atoms with Gasteiger partial charge in [0.2, 0.25) is 11.8 Å². The van der Waals surface area contributed by atoms with Crippen LogP contribution in [0.25, 0.3) is 6.08 Å². The van der Waals surface area contributed by atoms with Crippen molar-refractivity contribution in [1.29, 1.82) is 0 Å². The fourth-order valence-electron chi connectivity index (χ4n) is 2.92. The number of nitrogens with zero attached hydrogens (tertiary/aromatic N) is 2. The SMILES string of the molecule is CC(=O)N(c1nc(/C=C/C(=O)NCc2ccccc2OC(C)C)cs1)c1ccccc1F. The first-order valence-corrected chi connectivity index (χ1v) is 10.9. The van der Waals surface area contributed by atoms with Gasteiger partial charge < -0.3 is 10.1 Å². The molecule has 8 heteroatoms. The molecule has 1 N–H and O–H groups in total. The number of para-hydroxylation sites is 2. The van der Waals surface area contributed by atoms with Gasteiger partial charge in [-0.15, -0.1) is 11.3 Å². The molecule has 3 rings (SSSR count). The molecule has 3 aromatic rings. The summed E-state index contributed by atoms with van der Waals surface area (Å²) in [5.41, 5.74) is 1.50. The van der Waals surface area contributed by atoms with Gasteiger partial charge in [0.25, 0.3) is 0 Å². The maximum Gasteiger partial charge on any atom is 0.244 e. The minimum atomic E-state index is -0.518. The second-order valence-electron chi connectivity index (χ2n) is 7.19. The van der Waals surface area contributed by atoms with E-state index in [1.54, 1.807) is 23.6 Å². The first kappa shape index (κ1) is 23.1. The van der Waals surface area contributed by atoms with E-state index in [2.05, 4.69) is 10.3 Å². The van der Waals surface area contributed by atoms with Crippen LogP contribution in [0.15, 0.2) is 60.0 Å². The van der Waals surface area contributed by atoms with Crippen LogP contribution in [-0.2, 0) is 16.1 Å². The summed E-state index contributed by atoms with van der Waals surface area (Å²) in [4.78, 5) is 29.9. The van der Waals surface area contributed by atoms with Gasteiger partial charge in [-0.2, -0.15) is 0 Å². The lowest BCUT2D eigenvalue weighted by molar-refractivity contribution is -0.117. The topological polar surface area (TPSA) is 71.5 Å². The van der Waals surface area contributed by atoms with Crippen molar-refractivity contribution in [1.82, 2.24) is 10.3 Å². The van der Waals surface area contributed by atoms with Crippen LogP contribution < -0.4 is 15.0 Å². The number of amides is 2. The Morgan fingerprint density at radius 1 is 1.19 bits per heavy atom. The molecule has 0 radical (unpaired) electrons. The molecule has 2 amide bonds. The predicted molar refractivity (Wildman–Crippen MR) is 124 cm³/mol. The smallest absolute Gasteiger partial charge is 0.244 e. The third kappa shape index (κ3) is 6.01. The van der Waals surface area contributed by atoms with Crippen molar-refractivity contribution >= 4 is 40.0 Å². The molecule has 0 unspecified atom stereocenters. The van der Waals surface area contributed by atoms with Crippen LogP contribution in [0, 0.1) is 5.82 Å². The average molecular weight is 454 g/mol. The zero-order valence-corrected chi connectivity index (χ0v) is 18.9. The van der Waals surface area contributed by atoms with Gasteiger partial charge in [-0.25, -0.2) is 9.37 Å². The van der Waals surface area contributed by atoms with Gasteiger partial charge in [-0.05, 0) is 38.1 Å². The van der Waals surface area contributed by atoms with E-state index in [0.29, 0.717) is 17.4 Å². The van der Waals surface area contributed by atoms with Crippen LogP contribution in [-0.4, -0.2) is 22.9 Å². The molecular weight excluding hydrogens is 429 g/mol. The van der Waals surface area contributed by atoms with E-state index in [1.165, 1.54) is 41.4 Å². The third-order valence-electron chi connectivity index (χ3n) is 4.30. The lowest BCUT2D eigenvalue weighted by Crippen LogP contribution is -2.23. The fraction of sp³-hybridized carbons (Fsp3) is 0.208. The largest absolute Gasteiger partial charge is 0.491 e. The van der Waals surface area contributed by atoms with Crippen LogP contribution in [0.5, 0.6) is 5.75 Å². The minimum absolute atomic E-state index is 0.0320. The van der Waals surface area contributed by atoms with Crippen molar-refractivity contribution in [2.45, 2.75) is 33.4 Å². The molecule has 0 aliphatic rings. The Morgan fingerprint density at radius 3 is 2.62 bits per heavy atom. The summed E-state index contributed by atoms with van der Waals surface area (Å²) < 4.78 is 19.9. The van der Waals surface area contributed by atoms with Crippen LogP contribution in [0.4, 0.5) is 15.2 Å². The van der Waals surface area contributed by atoms with Crippen molar-refractivity contribution in [3.05, 3.63) is 77.1 Å². The number of aromatic nitrogens is 1. The highest BCUT2D eigenvalue weighted by Crippen LogP contribution is 2.31.